The highest BCUT2D eigenvalue weighted by Gasteiger charge is 2.17. The second-order valence-corrected chi connectivity index (χ2v) is 6.49. The standard InChI is InChI=1S/C20H24N2O4/c1-25-19-13-16-8-11-21(12-9-17(16)14-20(19)26-2)10-7-15-3-5-18(6-4-15)22(23)24/h3-6,13-14H,7-12H2,1-2H3. The van der Waals surface area contributed by atoms with Crippen LogP contribution < -0.4 is 9.47 Å². The highest BCUT2D eigenvalue weighted by Crippen LogP contribution is 2.32. The fourth-order valence-corrected chi connectivity index (χ4v) is 3.39. The van der Waals surface area contributed by atoms with Gasteiger partial charge >= 0.3 is 0 Å². The van der Waals surface area contributed by atoms with Gasteiger partial charge in [-0.05, 0) is 48.1 Å². The van der Waals surface area contributed by atoms with Crippen LogP contribution in [-0.4, -0.2) is 43.7 Å². The van der Waals surface area contributed by atoms with E-state index in [9.17, 15) is 10.1 Å². The largest absolute Gasteiger partial charge is 0.493 e. The summed E-state index contributed by atoms with van der Waals surface area (Å²) in [6.45, 7) is 2.94. The second-order valence-electron chi connectivity index (χ2n) is 6.49. The first-order valence-corrected chi connectivity index (χ1v) is 8.80. The molecule has 1 heterocycles. The van der Waals surface area contributed by atoms with E-state index in [0.717, 1.165) is 56.0 Å². The molecule has 6 nitrogen and oxygen atoms in total. The first-order chi connectivity index (χ1) is 12.6. The lowest BCUT2D eigenvalue weighted by Crippen LogP contribution is -2.28. The van der Waals surface area contributed by atoms with Gasteiger partial charge in [0.1, 0.15) is 0 Å². The minimum absolute atomic E-state index is 0.141. The Morgan fingerprint density at radius 2 is 1.54 bits per heavy atom. The molecule has 6 heteroatoms. The van der Waals surface area contributed by atoms with Crippen LogP contribution in [0.2, 0.25) is 0 Å². The van der Waals surface area contributed by atoms with Gasteiger partial charge < -0.3 is 14.4 Å². The van der Waals surface area contributed by atoms with Crippen molar-refractivity contribution >= 4 is 5.69 Å². The van der Waals surface area contributed by atoms with Gasteiger partial charge in [-0.3, -0.25) is 10.1 Å². The third-order valence-electron chi connectivity index (χ3n) is 4.96. The fraction of sp³-hybridized carbons (Fsp3) is 0.400. The van der Waals surface area contributed by atoms with Crippen molar-refractivity contribution in [1.82, 2.24) is 4.90 Å². The molecule has 0 unspecified atom stereocenters. The van der Waals surface area contributed by atoms with E-state index in [2.05, 4.69) is 17.0 Å². The van der Waals surface area contributed by atoms with Gasteiger partial charge in [0, 0.05) is 31.8 Å². The first-order valence-electron chi connectivity index (χ1n) is 8.80. The van der Waals surface area contributed by atoms with Crippen LogP contribution in [0.1, 0.15) is 16.7 Å². The van der Waals surface area contributed by atoms with Crippen molar-refractivity contribution in [3.05, 3.63) is 63.2 Å². The fourth-order valence-electron chi connectivity index (χ4n) is 3.39. The molecule has 0 amide bonds. The summed E-state index contributed by atoms with van der Waals surface area (Å²) in [5.74, 6) is 1.57. The molecule has 0 N–H and O–H groups in total. The molecule has 2 aromatic carbocycles. The molecule has 26 heavy (non-hydrogen) atoms. The third kappa shape index (κ3) is 4.14. The molecule has 2 aromatic rings. The maximum absolute atomic E-state index is 10.7. The lowest BCUT2D eigenvalue weighted by atomic mass is 10.0. The van der Waals surface area contributed by atoms with Crippen LogP contribution in [0.5, 0.6) is 11.5 Å². The number of nitro groups is 1. The summed E-state index contributed by atoms with van der Waals surface area (Å²) in [4.78, 5) is 12.8. The summed E-state index contributed by atoms with van der Waals surface area (Å²) in [7, 11) is 3.33. The Kier molecular flexibility index (Phi) is 5.73. The second kappa shape index (κ2) is 8.19. The molecular weight excluding hydrogens is 332 g/mol. The van der Waals surface area contributed by atoms with Gasteiger partial charge in [-0.15, -0.1) is 0 Å². The summed E-state index contributed by atoms with van der Waals surface area (Å²) in [6.07, 6.45) is 2.85. The molecule has 0 spiro atoms. The molecule has 138 valence electrons. The summed E-state index contributed by atoms with van der Waals surface area (Å²) in [5, 5.41) is 10.7. The van der Waals surface area contributed by atoms with Crippen LogP contribution in [0.15, 0.2) is 36.4 Å². The number of nitro benzene ring substituents is 1. The van der Waals surface area contributed by atoms with Gasteiger partial charge in [0.2, 0.25) is 0 Å². The van der Waals surface area contributed by atoms with Gasteiger partial charge in [0.25, 0.3) is 5.69 Å². The predicted octanol–water partition coefficient (Wildman–Crippen LogP) is 3.26. The van der Waals surface area contributed by atoms with E-state index in [0.29, 0.717) is 0 Å². The zero-order valence-electron chi connectivity index (χ0n) is 15.2. The van der Waals surface area contributed by atoms with Gasteiger partial charge in [0.15, 0.2) is 11.5 Å². The van der Waals surface area contributed by atoms with Gasteiger partial charge in [-0.25, -0.2) is 0 Å². The van der Waals surface area contributed by atoms with E-state index in [1.807, 2.05) is 12.1 Å². The molecule has 3 rings (SSSR count). The molecule has 0 saturated heterocycles. The average Bonchev–Trinajstić information content (AvgIpc) is 2.87. The van der Waals surface area contributed by atoms with E-state index >= 15 is 0 Å². The maximum Gasteiger partial charge on any atom is 0.269 e. The Balaban J connectivity index is 1.61. The number of hydrogen-bond donors (Lipinski definition) is 0. The van der Waals surface area contributed by atoms with E-state index in [4.69, 9.17) is 9.47 Å². The normalized spacial score (nSPS) is 14.4. The lowest BCUT2D eigenvalue weighted by Gasteiger charge is -2.19. The Morgan fingerprint density at radius 3 is 2.00 bits per heavy atom. The van der Waals surface area contributed by atoms with E-state index in [1.54, 1.807) is 26.4 Å². The lowest BCUT2D eigenvalue weighted by molar-refractivity contribution is -0.384. The SMILES string of the molecule is COc1cc2c(cc1OC)CCN(CCc1ccc([N+](=O)[O-])cc1)CC2. The van der Waals surface area contributed by atoms with Crippen molar-refractivity contribution in [3.8, 4) is 11.5 Å². The number of ether oxygens (including phenoxy) is 2. The quantitative estimate of drug-likeness (QED) is 0.587. The number of methoxy groups -OCH3 is 2. The summed E-state index contributed by atoms with van der Waals surface area (Å²) < 4.78 is 10.8. The highest BCUT2D eigenvalue weighted by molar-refractivity contribution is 5.48. The summed E-state index contributed by atoms with van der Waals surface area (Å²) in [6, 6.07) is 11.0. The highest BCUT2D eigenvalue weighted by atomic mass is 16.6. The zero-order chi connectivity index (χ0) is 18.5. The third-order valence-corrected chi connectivity index (χ3v) is 4.96. The molecular formula is C20H24N2O4. The van der Waals surface area contributed by atoms with Crippen molar-refractivity contribution < 1.29 is 14.4 Å². The van der Waals surface area contributed by atoms with E-state index in [-0.39, 0.29) is 10.6 Å². The molecule has 0 aromatic heterocycles. The molecule has 0 aliphatic carbocycles. The Bertz CT molecular complexity index is 739. The number of nitrogens with zero attached hydrogens (tertiary/aromatic N) is 2. The maximum atomic E-state index is 10.7. The molecule has 1 aliphatic rings. The van der Waals surface area contributed by atoms with Gasteiger partial charge in [-0.2, -0.15) is 0 Å². The Labute approximate surface area is 153 Å². The zero-order valence-corrected chi connectivity index (χ0v) is 15.2. The number of hydrogen-bond acceptors (Lipinski definition) is 5. The number of non-ortho nitro benzene ring substituents is 1. The summed E-state index contributed by atoms with van der Waals surface area (Å²) in [5.41, 5.74) is 3.91. The van der Waals surface area contributed by atoms with Crippen LogP contribution in [0.4, 0.5) is 5.69 Å². The molecule has 0 radical (unpaired) electrons. The van der Waals surface area contributed by atoms with E-state index in [1.165, 1.54) is 11.1 Å². The minimum Gasteiger partial charge on any atom is -0.493 e. The van der Waals surface area contributed by atoms with E-state index < -0.39 is 0 Å². The number of rotatable bonds is 6. The monoisotopic (exact) mass is 356 g/mol. The molecule has 0 fully saturated rings. The predicted molar refractivity (Wildman–Crippen MR) is 100 cm³/mol. The molecule has 1 aliphatic heterocycles. The van der Waals surface area contributed by atoms with Crippen molar-refractivity contribution in [2.45, 2.75) is 19.3 Å². The van der Waals surface area contributed by atoms with Crippen LogP contribution in [-0.2, 0) is 19.3 Å². The van der Waals surface area contributed by atoms with Crippen molar-refractivity contribution in [2.24, 2.45) is 0 Å². The van der Waals surface area contributed by atoms with Crippen LogP contribution in [0.25, 0.3) is 0 Å². The minimum atomic E-state index is -0.363. The van der Waals surface area contributed by atoms with Crippen LogP contribution in [0.3, 0.4) is 0 Å². The summed E-state index contributed by atoms with van der Waals surface area (Å²) >= 11 is 0. The van der Waals surface area contributed by atoms with Crippen molar-refractivity contribution in [1.29, 1.82) is 0 Å². The van der Waals surface area contributed by atoms with Crippen LogP contribution >= 0.6 is 0 Å². The van der Waals surface area contributed by atoms with Crippen molar-refractivity contribution in [3.63, 3.8) is 0 Å². The number of benzene rings is 2. The molecule has 0 bridgehead atoms. The van der Waals surface area contributed by atoms with Crippen LogP contribution in [0, 0.1) is 10.1 Å². The topological polar surface area (TPSA) is 64.8 Å². The smallest absolute Gasteiger partial charge is 0.269 e. The Morgan fingerprint density at radius 1 is 1.00 bits per heavy atom. The molecule has 0 saturated carbocycles. The van der Waals surface area contributed by atoms with Gasteiger partial charge in [-0.1, -0.05) is 12.1 Å². The molecule has 0 atom stereocenters. The average molecular weight is 356 g/mol. The number of fused-ring (bicyclic) bond motifs is 1. The van der Waals surface area contributed by atoms with Gasteiger partial charge in [0.05, 0.1) is 19.1 Å². The first kappa shape index (κ1) is 18.2. The van der Waals surface area contributed by atoms with Crippen molar-refractivity contribution in [2.75, 3.05) is 33.9 Å². The Hall–Kier alpha value is -2.60.